The summed E-state index contributed by atoms with van der Waals surface area (Å²) in [6.45, 7) is 7.03. The lowest BCUT2D eigenvalue weighted by Crippen LogP contribution is -3.10. The van der Waals surface area contributed by atoms with Crippen molar-refractivity contribution < 1.29 is 19.2 Å². The Morgan fingerprint density at radius 1 is 1.21 bits per heavy atom. The first-order valence-electron chi connectivity index (χ1n) is 10.1. The highest BCUT2D eigenvalue weighted by atomic mass is 16.7. The number of quaternary nitrogens is 1. The first-order chi connectivity index (χ1) is 13.6. The molecule has 150 valence electrons. The molecule has 3 heterocycles. The smallest absolute Gasteiger partial charge is 0.231 e. The first-order valence-corrected chi connectivity index (χ1v) is 10.1. The number of hydrogen-bond acceptors (Lipinski definition) is 4. The number of aryl methyl sites for hydroxylation is 2. The van der Waals surface area contributed by atoms with Crippen LogP contribution in [0.1, 0.15) is 29.8 Å². The predicted octanol–water partition coefficient (Wildman–Crippen LogP) is 0.707. The molecule has 0 spiro atoms. The summed E-state index contributed by atoms with van der Waals surface area (Å²) in [6, 6.07) is 7.81. The van der Waals surface area contributed by atoms with Crippen LogP contribution in [0.25, 0.3) is 0 Å². The van der Waals surface area contributed by atoms with Crippen LogP contribution in [0.3, 0.4) is 0 Å². The molecule has 7 nitrogen and oxygen atoms in total. The van der Waals surface area contributed by atoms with Gasteiger partial charge in [-0.1, -0.05) is 6.07 Å². The summed E-state index contributed by atoms with van der Waals surface area (Å²) in [4.78, 5) is 16.7. The highest BCUT2D eigenvalue weighted by Crippen LogP contribution is 2.32. The molecule has 4 rings (SSSR count). The minimum Gasteiger partial charge on any atom is -0.454 e. The number of amides is 1. The van der Waals surface area contributed by atoms with Gasteiger partial charge in [-0.2, -0.15) is 5.10 Å². The van der Waals surface area contributed by atoms with Crippen LogP contribution < -0.4 is 14.4 Å². The maximum atomic E-state index is 13.2. The lowest BCUT2D eigenvalue weighted by molar-refractivity contribution is -0.886. The number of nitrogens with zero attached hydrogens (tertiary/aromatic N) is 3. The summed E-state index contributed by atoms with van der Waals surface area (Å²) in [7, 11) is 1.94. The Bertz CT molecular complexity index is 842. The van der Waals surface area contributed by atoms with Crippen LogP contribution in [-0.2, 0) is 24.8 Å². The fraction of sp³-hybridized carbons (Fsp3) is 0.524. The monoisotopic (exact) mass is 385 g/mol. The minimum atomic E-state index is 0.135. The number of rotatable bonds is 7. The Morgan fingerprint density at radius 3 is 2.75 bits per heavy atom. The largest absolute Gasteiger partial charge is 0.454 e. The number of nitrogens with one attached hydrogen (secondary N) is 1. The topological polar surface area (TPSA) is 61.0 Å². The van der Waals surface area contributed by atoms with E-state index in [0.29, 0.717) is 13.0 Å². The third-order valence-electron chi connectivity index (χ3n) is 5.64. The zero-order valence-corrected chi connectivity index (χ0v) is 16.7. The second-order valence-corrected chi connectivity index (χ2v) is 7.79. The standard InChI is InChI=1S/C21H28N4O3/c1-16-11-18(23(2)22-16)14-25(10-9-24-7-3-4-8-24)21(26)13-17-5-6-19-20(12-17)28-15-27-19/h5-6,11-12H,3-4,7-10,13-15H2,1-2H3/p+1. The Hall–Kier alpha value is -2.54. The van der Waals surface area contributed by atoms with Crippen molar-refractivity contribution in [1.29, 1.82) is 0 Å². The first kappa shape index (κ1) is 18.8. The molecule has 1 amide bonds. The number of hydrogen-bond donors (Lipinski definition) is 1. The highest BCUT2D eigenvalue weighted by Gasteiger charge is 2.22. The molecule has 0 unspecified atom stereocenters. The van der Waals surface area contributed by atoms with Gasteiger partial charge in [-0.05, 0) is 30.7 Å². The molecule has 2 aromatic rings. The molecular weight excluding hydrogens is 356 g/mol. The fourth-order valence-corrected chi connectivity index (χ4v) is 4.06. The molecule has 0 saturated carbocycles. The van der Waals surface area contributed by atoms with Crippen molar-refractivity contribution in [2.24, 2.45) is 7.05 Å². The third kappa shape index (κ3) is 4.30. The number of ether oxygens (including phenoxy) is 2. The lowest BCUT2D eigenvalue weighted by atomic mass is 10.1. The number of aromatic nitrogens is 2. The van der Waals surface area contributed by atoms with Gasteiger partial charge in [0, 0.05) is 19.9 Å². The van der Waals surface area contributed by atoms with Gasteiger partial charge >= 0.3 is 0 Å². The third-order valence-corrected chi connectivity index (χ3v) is 5.64. The quantitative estimate of drug-likeness (QED) is 0.763. The van der Waals surface area contributed by atoms with E-state index >= 15 is 0 Å². The van der Waals surface area contributed by atoms with Crippen LogP contribution in [0.15, 0.2) is 24.3 Å². The van der Waals surface area contributed by atoms with Gasteiger partial charge in [-0.3, -0.25) is 9.48 Å². The normalized spacial score (nSPS) is 15.9. The van der Waals surface area contributed by atoms with E-state index in [-0.39, 0.29) is 12.7 Å². The van der Waals surface area contributed by atoms with E-state index in [1.807, 2.05) is 41.8 Å². The molecule has 1 saturated heterocycles. The maximum absolute atomic E-state index is 13.2. The van der Waals surface area contributed by atoms with Crippen molar-refractivity contribution in [3.05, 3.63) is 41.2 Å². The lowest BCUT2D eigenvalue weighted by Gasteiger charge is -2.24. The van der Waals surface area contributed by atoms with Crippen molar-refractivity contribution in [3.63, 3.8) is 0 Å². The van der Waals surface area contributed by atoms with Gasteiger partial charge in [0.1, 0.15) is 0 Å². The average Bonchev–Trinajstić information content (AvgIpc) is 3.40. The van der Waals surface area contributed by atoms with Gasteiger partial charge in [-0.25, -0.2) is 0 Å². The molecule has 1 N–H and O–H groups in total. The second-order valence-electron chi connectivity index (χ2n) is 7.79. The van der Waals surface area contributed by atoms with Gasteiger partial charge in [0.15, 0.2) is 11.5 Å². The van der Waals surface area contributed by atoms with Crippen molar-refractivity contribution >= 4 is 5.91 Å². The number of fused-ring (bicyclic) bond motifs is 1. The molecule has 0 aliphatic carbocycles. The molecule has 2 aliphatic heterocycles. The van der Waals surface area contributed by atoms with Crippen molar-refractivity contribution in [2.45, 2.75) is 32.7 Å². The molecule has 2 aliphatic rings. The summed E-state index contributed by atoms with van der Waals surface area (Å²) in [5, 5.41) is 4.43. The maximum Gasteiger partial charge on any atom is 0.231 e. The summed E-state index contributed by atoms with van der Waals surface area (Å²) < 4.78 is 12.7. The molecule has 0 atom stereocenters. The van der Waals surface area contributed by atoms with E-state index in [0.717, 1.165) is 41.5 Å². The minimum absolute atomic E-state index is 0.135. The van der Waals surface area contributed by atoms with Gasteiger partial charge in [0.2, 0.25) is 12.7 Å². The Balaban J connectivity index is 1.46. The van der Waals surface area contributed by atoms with Crippen LogP contribution in [0.2, 0.25) is 0 Å². The van der Waals surface area contributed by atoms with E-state index < -0.39 is 0 Å². The molecule has 1 aromatic carbocycles. The van der Waals surface area contributed by atoms with E-state index in [1.165, 1.54) is 25.9 Å². The molecule has 1 aromatic heterocycles. The summed E-state index contributed by atoms with van der Waals surface area (Å²) in [5.41, 5.74) is 2.99. The van der Waals surface area contributed by atoms with Crippen molar-refractivity contribution in [1.82, 2.24) is 14.7 Å². The van der Waals surface area contributed by atoms with Gasteiger partial charge in [0.25, 0.3) is 0 Å². The summed E-state index contributed by atoms with van der Waals surface area (Å²) in [6.07, 6.45) is 2.95. The zero-order valence-electron chi connectivity index (χ0n) is 16.7. The van der Waals surface area contributed by atoms with Gasteiger partial charge < -0.3 is 19.3 Å². The molecule has 0 bridgehead atoms. The van der Waals surface area contributed by atoms with Gasteiger partial charge in [0.05, 0.1) is 50.5 Å². The van der Waals surface area contributed by atoms with Crippen LogP contribution in [0.4, 0.5) is 0 Å². The second kappa shape index (κ2) is 8.22. The van der Waals surface area contributed by atoms with Gasteiger partial charge in [-0.15, -0.1) is 0 Å². The van der Waals surface area contributed by atoms with E-state index in [2.05, 4.69) is 11.2 Å². The van der Waals surface area contributed by atoms with Crippen molar-refractivity contribution in [3.8, 4) is 11.5 Å². The van der Waals surface area contributed by atoms with Crippen LogP contribution in [0, 0.1) is 6.92 Å². The average molecular weight is 385 g/mol. The van der Waals surface area contributed by atoms with Crippen LogP contribution in [0.5, 0.6) is 11.5 Å². The number of likely N-dealkylation sites (tertiary alicyclic amines) is 1. The van der Waals surface area contributed by atoms with Crippen LogP contribution in [-0.4, -0.2) is 53.6 Å². The molecular formula is C21H29N4O3+. The van der Waals surface area contributed by atoms with E-state index in [1.54, 1.807) is 4.90 Å². The number of carbonyl (C=O) groups is 1. The Kier molecular flexibility index (Phi) is 5.52. The fourth-order valence-electron chi connectivity index (χ4n) is 4.06. The molecule has 7 heteroatoms. The SMILES string of the molecule is Cc1cc(CN(CC[NH+]2CCCC2)C(=O)Cc2ccc3c(c2)OCO3)n(C)n1. The molecule has 28 heavy (non-hydrogen) atoms. The highest BCUT2D eigenvalue weighted by molar-refractivity contribution is 5.79. The summed E-state index contributed by atoms with van der Waals surface area (Å²) in [5.74, 6) is 1.60. The predicted molar refractivity (Wildman–Crippen MR) is 104 cm³/mol. The van der Waals surface area contributed by atoms with Crippen molar-refractivity contribution in [2.75, 3.05) is 33.0 Å². The van der Waals surface area contributed by atoms with E-state index in [4.69, 9.17) is 9.47 Å². The summed E-state index contributed by atoms with van der Waals surface area (Å²) >= 11 is 0. The van der Waals surface area contributed by atoms with Crippen LogP contribution >= 0.6 is 0 Å². The molecule has 1 fully saturated rings. The number of benzene rings is 1. The number of carbonyl (C=O) groups excluding carboxylic acids is 1. The zero-order chi connectivity index (χ0) is 19.5. The van der Waals surface area contributed by atoms with E-state index in [9.17, 15) is 4.79 Å². The Morgan fingerprint density at radius 2 is 2.00 bits per heavy atom. The Labute approximate surface area is 165 Å². The molecule has 0 radical (unpaired) electrons.